The van der Waals surface area contributed by atoms with Gasteiger partial charge in [-0.1, -0.05) is 6.92 Å². The van der Waals surface area contributed by atoms with E-state index in [-0.39, 0.29) is 18.4 Å². The van der Waals surface area contributed by atoms with Gasteiger partial charge in [0.1, 0.15) is 6.61 Å². The molecule has 0 heterocycles. The molecule has 0 bridgehead atoms. The van der Waals surface area contributed by atoms with Gasteiger partial charge in [0, 0.05) is 26.4 Å². The lowest BCUT2D eigenvalue weighted by Gasteiger charge is -2.09. The lowest BCUT2D eigenvalue weighted by Crippen LogP contribution is -2.24. The SMILES string of the molecule is CCC(N)CC(=O)OCCOCCCOC. The topological polar surface area (TPSA) is 70.8 Å². The van der Waals surface area contributed by atoms with Crippen LogP contribution in [0.15, 0.2) is 0 Å². The molecule has 1 atom stereocenters. The lowest BCUT2D eigenvalue weighted by atomic mass is 10.2. The van der Waals surface area contributed by atoms with Crippen molar-refractivity contribution in [2.75, 3.05) is 33.5 Å². The predicted octanol–water partition coefficient (Wildman–Crippen LogP) is 0.710. The lowest BCUT2D eigenvalue weighted by molar-refractivity contribution is -0.145. The van der Waals surface area contributed by atoms with Crippen molar-refractivity contribution in [2.24, 2.45) is 5.73 Å². The van der Waals surface area contributed by atoms with Crippen LogP contribution in [0.5, 0.6) is 0 Å². The van der Waals surface area contributed by atoms with E-state index in [1.807, 2.05) is 6.92 Å². The highest BCUT2D eigenvalue weighted by molar-refractivity contribution is 5.70. The van der Waals surface area contributed by atoms with Crippen LogP contribution in [0.25, 0.3) is 0 Å². The van der Waals surface area contributed by atoms with Crippen molar-refractivity contribution in [1.29, 1.82) is 0 Å². The molecule has 5 nitrogen and oxygen atoms in total. The average Bonchev–Trinajstić information content (AvgIpc) is 2.27. The van der Waals surface area contributed by atoms with Crippen molar-refractivity contribution in [1.82, 2.24) is 0 Å². The van der Waals surface area contributed by atoms with Crippen molar-refractivity contribution < 1.29 is 19.0 Å². The van der Waals surface area contributed by atoms with Crippen LogP contribution in [0, 0.1) is 0 Å². The Hall–Kier alpha value is -0.650. The molecule has 0 aliphatic carbocycles. The second-order valence-electron chi connectivity index (χ2n) is 3.55. The first kappa shape index (κ1) is 15.3. The summed E-state index contributed by atoms with van der Waals surface area (Å²) in [4.78, 5) is 11.2. The Kier molecular flexibility index (Phi) is 10.4. The third-order valence-corrected chi connectivity index (χ3v) is 2.08. The Morgan fingerprint density at radius 1 is 1.25 bits per heavy atom. The fraction of sp³-hybridized carbons (Fsp3) is 0.909. The summed E-state index contributed by atoms with van der Waals surface area (Å²) in [5, 5.41) is 0. The summed E-state index contributed by atoms with van der Waals surface area (Å²) in [5.41, 5.74) is 5.61. The Morgan fingerprint density at radius 2 is 2.00 bits per heavy atom. The van der Waals surface area contributed by atoms with Gasteiger partial charge in [-0.3, -0.25) is 4.79 Å². The molecule has 0 aliphatic rings. The molecule has 16 heavy (non-hydrogen) atoms. The largest absolute Gasteiger partial charge is 0.463 e. The minimum absolute atomic E-state index is 0.102. The quantitative estimate of drug-likeness (QED) is 0.444. The maximum Gasteiger partial charge on any atom is 0.307 e. The summed E-state index contributed by atoms with van der Waals surface area (Å²) < 4.78 is 15.0. The van der Waals surface area contributed by atoms with Crippen LogP contribution in [0.4, 0.5) is 0 Å². The molecule has 96 valence electrons. The van der Waals surface area contributed by atoms with Crippen LogP contribution >= 0.6 is 0 Å². The summed E-state index contributed by atoms with van der Waals surface area (Å²) in [6.07, 6.45) is 1.91. The van der Waals surface area contributed by atoms with E-state index in [1.165, 1.54) is 0 Å². The second-order valence-corrected chi connectivity index (χ2v) is 3.55. The van der Waals surface area contributed by atoms with Crippen molar-refractivity contribution in [2.45, 2.75) is 32.2 Å². The number of rotatable bonds is 10. The summed E-state index contributed by atoms with van der Waals surface area (Å²) in [7, 11) is 1.65. The van der Waals surface area contributed by atoms with Crippen LogP contribution < -0.4 is 5.73 Å². The van der Waals surface area contributed by atoms with Crippen molar-refractivity contribution in [3.63, 3.8) is 0 Å². The van der Waals surface area contributed by atoms with Gasteiger partial charge in [-0.25, -0.2) is 0 Å². The minimum atomic E-state index is -0.255. The van der Waals surface area contributed by atoms with E-state index in [4.69, 9.17) is 19.9 Å². The molecule has 0 amide bonds. The first-order valence-electron chi connectivity index (χ1n) is 5.68. The van der Waals surface area contributed by atoms with Gasteiger partial charge in [-0.15, -0.1) is 0 Å². The molecule has 0 spiro atoms. The molecule has 1 unspecified atom stereocenters. The van der Waals surface area contributed by atoms with Crippen molar-refractivity contribution >= 4 is 5.97 Å². The zero-order valence-corrected chi connectivity index (χ0v) is 10.2. The number of esters is 1. The Bertz CT molecular complexity index is 175. The zero-order chi connectivity index (χ0) is 12.2. The number of carbonyl (C=O) groups excluding carboxylic acids is 1. The highest BCUT2D eigenvalue weighted by atomic mass is 16.6. The van der Waals surface area contributed by atoms with Crippen LogP contribution in [-0.2, 0) is 19.0 Å². The van der Waals surface area contributed by atoms with E-state index in [0.29, 0.717) is 26.4 Å². The van der Waals surface area contributed by atoms with E-state index in [2.05, 4.69) is 0 Å². The molecule has 0 fully saturated rings. The summed E-state index contributed by atoms with van der Waals surface area (Å²) in [5.74, 6) is -0.255. The highest BCUT2D eigenvalue weighted by Crippen LogP contribution is 1.96. The third kappa shape index (κ3) is 9.89. The van der Waals surface area contributed by atoms with Gasteiger partial charge in [0.25, 0.3) is 0 Å². The maximum atomic E-state index is 11.2. The maximum absolute atomic E-state index is 11.2. The molecule has 0 aromatic heterocycles. The van der Waals surface area contributed by atoms with Gasteiger partial charge in [-0.05, 0) is 12.8 Å². The van der Waals surface area contributed by atoms with Crippen molar-refractivity contribution in [3.8, 4) is 0 Å². The van der Waals surface area contributed by atoms with E-state index in [1.54, 1.807) is 7.11 Å². The molecule has 0 radical (unpaired) electrons. The van der Waals surface area contributed by atoms with Crippen molar-refractivity contribution in [3.05, 3.63) is 0 Å². The Balaban J connectivity index is 3.21. The number of carbonyl (C=O) groups is 1. The first-order valence-corrected chi connectivity index (χ1v) is 5.68. The fourth-order valence-electron chi connectivity index (χ4n) is 1.04. The summed E-state index contributed by atoms with van der Waals surface area (Å²) in [6, 6.07) is -0.102. The van der Waals surface area contributed by atoms with Crippen LogP contribution in [0.3, 0.4) is 0 Å². The summed E-state index contributed by atoms with van der Waals surface area (Å²) >= 11 is 0. The fourth-order valence-corrected chi connectivity index (χ4v) is 1.04. The molecule has 0 rings (SSSR count). The number of hydrogen-bond acceptors (Lipinski definition) is 5. The minimum Gasteiger partial charge on any atom is -0.463 e. The third-order valence-electron chi connectivity index (χ3n) is 2.08. The monoisotopic (exact) mass is 233 g/mol. The molecule has 0 saturated carbocycles. The Morgan fingerprint density at radius 3 is 2.62 bits per heavy atom. The van der Waals surface area contributed by atoms with Crippen LogP contribution in [0.2, 0.25) is 0 Å². The van der Waals surface area contributed by atoms with Gasteiger partial charge in [0.2, 0.25) is 0 Å². The molecule has 5 heteroatoms. The van der Waals surface area contributed by atoms with Crippen LogP contribution in [-0.4, -0.2) is 45.5 Å². The molecule has 0 aromatic carbocycles. The molecular weight excluding hydrogens is 210 g/mol. The van der Waals surface area contributed by atoms with Gasteiger partial charge < -0.3 is 19.9 Å². The average molecular weight is 233 g/mol. The van der Waals surface area contributed by atoms with Gasteiger partial charge in [0.05, 0.1) is 13.0 Å². The second kappa shape index (κ2) is 10.9. The van der Waals surface area contributed by atoms with E-state index in [0.717, 1.165) is 12.8 Å². The molecular formula is C11H23NO4. The highest BCUT2D eigenvalue weighted by Gasteiger charge is 2.08. The molecule has 0 saturated heterocycles. The van der Waals surface area contributed by atoms with Gasteiger partial charge in [-0.2, -0.15) is 0 Å². The number of nitrogens with two attached hydrogens (primary N) is 1. The van der Waals surface area contributed by atoms with Gasteiger partial charge >= 0.3 is 5.97 Å². The number of ether oxygens (including phenoxy) is 3. The number of methoxy groups -OCH3 is 1. The standard InChI is InChI=1S/C11H23NO4/c1-3-10(12)9-11(13)16-8-7-15-6-4-5-14-2/h10H,3-9,12H2,1-2H3. The van der Waals surface area contributed by atoms with E-state index >= 15 is 0 Å². The smallest absolute Gasteiger partial charge is 0.307 e. The zero-order valence-electron chi connectivity index (χ0n) is 10.2. The normalized spacial score (nSPS) is 12.4. The molecule has 0 aliphatic heterocycles. The molecule has 2 N–H and O–H groups in total. The van der Waals surface area contributed by atoms with Gasteiger partial charge in [0.15, 0.2) is 0 Å². The first-order chi connectivity index (χ1) is 7.70. The van der Waals surface area contributed by atoms with E-state index < -0.39 is 0 Å². The van der Waals surface area contributed by atoms with E-state index in [9.17, 15) is 4.79 Å². The van der Waals surface area contributed by atoms with Crippen LogP contribution in [0.1, 0.15) is 26.2 Å². The predicted molar refractivity (Wildman–Crippen MR) is 61.2 cm³/mol. The Labute approximate surface area is 97.2 Å². The number of hydrogen-bond donors (Lipinski definition) is 1. The summed E-state index contributed by atoms with van der Waals surface area (Å²) in [6.45, 7) is 3.97. The molecule has 0 aromatic rings.